The Morgan fingerprint density at radius 1 is 1.15 bits per heavy atom. The van der Waals surface area contributed by atoms with Crippen molar-refractivity contribution in [1.29, 1.82) is 0 Å². The first-order valence-corrected chi connectivity index (χ1v) is 5.71. The molecule has 1 N–H and O–H groups in total. The Labute approximate surface area is 80.9 Å². The Hall–Kier alpha value is -0.0800. The van der Waals surface area contributed by atoms with Gasteiger partial charge in [0.1, 0.15) is 0 Å². The van der Waals surface area contributed by atoms with E-state index < -0.39 is 0 Å². The van der Waals surface area contributed by atoms with E-state index in [1.54, 1.807) is 0 Å². The Morgan fingerprint density at radius 2 is 1.77 bits per heavy atom. The number of likely N-dealkylation sites (tertiary alicyclic amines) is 1. The third-order valence-corrected chi connectivity index (χ3v) is 3.80. The Balaban J connectivity index is 1.72. The first kappa shape index (κ1) is 9.47. The lowest BCUT2D eigenvalue weighted by Gasteiger charge is -2.44. The molecule has 0 atom stereocenters. The SMILES string of the molecule is CC[C@H]1CC[C@H](N2CC(O)C2)CC1. The zero-order valence-corrected chi connectivity index (χ0v) is 8.58. The van der Waals surface area contributed by atoms with Crippen LogP contribution < -0.4 is 0 Å². The Kier molecular flexibility index (Phi) is 2.89. The fourth-order valence-electron chi connectivity index (χ4n) is 2.70. The molecule has 1 saturated carbocycles. The summed E-state index contributed by atoms with van der Waals surface area (Å²) in [5, 5.41) is 9.21. The van der Waals surface area contributed by atoms with Gasteiger partial charge < -0.3 is 5.11 Å². The van der Waals surface area contributed by atoms with Gasteiger partial charge in [0.05, 0.1) is 6.10 Å². The number of aliphatic hydroxyl groups excluding tert-OH is 1. The highest BCUT2D eigenvalue weighted by Gasteiger charge is 2.32. The average molecular weight is 183 g/mol. The number of nitrogens with zero attached hydrogens (tertiary/aromatic N) is 1. The van der Waals surface area contributed by atoms with E-state index in [-0.39, 0.29) is 6.10 Å². The predicted molar refractivity (Wildman–Crippen MR) is 53.6 cm³/mol. The first-order chi connectivity index (χ1) is 6.29. The van der Waals surface area contributed by atoms with Crippen LogP contribution in [0.4, 0.5) is 0 Å². The molecule has 1 aliphatic heterocycles. The van der Waals surface area contributed by atoms with Gasteiger partial charge in [0.2, 0.25) is 0 Å². The maximum Gasteiger partial charge on any atom is 0.0794 e. The molecule has 76 valence electrons. The van der Waals surface area contributed by atoms with Gasteiger partial charge in [-0.1, -0.05) is 13.3 Å². The molecule has 13 heavy (non-hydrogen) atoms. The fraction of sp³-hybridized carbons (Fsp3) is 1.00. The molecule has 2 fully saturated rings. The van der Waals surface area contributed by atoms with Crippen molar-refractivity contribution in [3.63, 3.8) is 0 Å². The highest BCUT2D eigenvalue weighted by atomic mass is 16.3. The van der Waals surface area contributed by atoms with Crippen LogP contribution in [0.5, 0.6) is 0 Å². The summed E-state index contributed by atoms with van der Waals surface area (Å²) in [5.74, 6) is 0.988. The van der Waals surface area contributed by atoms with Crippen LogP contribution in [0.3, 0.4) is 0 Å². The summed E-state index contributed by atoms with van der Waals surface area (Å²) in [5.41, 5.74) is 0. The minimum Gasteiger partial charge on any atom is -0.390 e. The van der Waals surface area contributed by atoms with Gasteiger partial charge >= 0.3 is 0 Å². The van der Waals surface area contributed by atoms with Gasteiger partial charge in [0, 0.05) is 19.1 Å². The second-order valence-electron chi connectivity index (χ2n) is 4.69. The number of hydrogen-bond donors (Lipinski definition) is 1. The molecule has 0 radical (unpaired) electrons. The van der Waals surface area contributed by atoms with Gasteiger partial charge in [-0.15, -0.1) is 0 Å². The number of hydrogen-bond acceptors (Lipinski definition) is 2. The maximum absolute atomic E-state index is 9.21. The standard InChI is InChI=1S/C11H21NO/c1-2-9-3-5-10(6-4-9)12-7-11(13)8-12/h9-11,13H,2-8H2,1H3/t9-,10-. The summed E-state index contributed by atoms with van der Waals surface area (Å²) in [4.78, 5) is 2.45. The lowest BCUT2D eigenvalue weighted by atomic mass is 9.83. The van der Waals surface area contributed by atoms with Crippen LogP contribution in [-0.2, 0) is 0 Å². The summed E-state index contributed by atoms with van der Waals surface area (Å²) in [6.45, 7) is 4.17. The molecule has 0 aromatic heterocycles. The molecule has 0 unspecified atom stereocenters. The fourth-order valence-corrected chi connectivity index (χ4v) is 2.70. The van der Waals surface area contributed by atoms with Crippen molar-refractivity contribution in [3.8, 4) is 0 Å². The third kappa shape index (κ3) is 2.05. The van der Waals surface area contributed by atoms with Gasteiger partial charge in [-0.3, -0.25) is 4.90 Å². The molecule has 0 aromatic carbocycles. The highest BCUT2D eigenvalue weighted by molar-refractivity contribution is 4.87. The summed E-state index contributed by atoms with van der Waals surface area (Å²) in [7, 11) is 0. The Morgan fingerprint density at radius 3 is 2.23 bits per heavy atom. The summed E-state index contributed by atoms with van der Waals surface area (Å²) < 4.78 is 0. The normalized spacial score (nSPS) is 37.4. The Bertz CT molecular complexity index is 157. The molecule has 1 aliphatic carbocycles. The van der Waals surface area contributed by atoms with Gasteiger partial charge in [-0.25, -0.2) is 0 Å². The molecular weight excluding hydrogens is 162 g/mol. The van der Waals surface area contributed by atoms with Crippen LogP contribution in [0.1, 0.15) is 39.0 Å². The monoisotopic (exact) mass is 183 g/mol. The van der Waals surface area contributed by atoms with Crippen molar-refractivity contribution in [1.82, 2.24) is 4.90 Å². The molecule has 0 spiro atoms. The van der Waals surface area contributed by atoms with E-state index in [4.69, 9.17) is 0 Å². The molecule has 0 bridgehead atoms. The third-order valence-electron chi connectivity index (χ3n) is 3.80. The van der Waals surface area contributed by atoms with Gasteiger partial charge in [0.15, 0.2) is 0 Å². The number of aliphatic hydroxyl groups is 1. The van der Waals surface area contributed by atoms with Gasteiger partial charge in [-0.05, 0) is 31.6 Å². The minimum absolute atomic E-state index is 0.0242. The van der Waals surface area contributed by atoms with Crippen LogP contribution in [0.2, 0.25) is 0 Å². The quantitative estimate of drug-likeness (QED) is 0.703. The van der Waals surface area contributed by atoms with Crippen LogP contribution >= 0.6 is 0 Å². The minimum atomic E-state index is -0.0242. The van der Waals surface area contributed by atoms with E-state index in [0.717, 1.165) is 25.0 Å². The second kappa shape index (κ2) is 3.97. The number of rotatable bonds is 2. The van der Waals surface area contributed by atoms with Crippen molar-refractivity contribution in [2.75, 3.05) is 13.1 Å². The lowest BCUT2D eigenvalue weighted by molar-refractivity contribution is -0.0366. The topological polar surface area (TPSA) is 23.5 Å². The van der Waals surface area contributed by atoms with Crippen LogP contribution in [0.15, 0.2) is 0 Å². The molecule has 2 aliphatic rings. The van der Waals surface area contributed by atoms with Gasteiger partial charge in [-0.2, -0.15) is 0 Å². The highest BCUT2D eigenvalue weighted by Crippen LogP contribution is 2.31. The molecule has 1 saturated heterocycles. The van der Waals surface area contributed by atoms with Crippen molar-refractivity contribution in [2.45, 2.75) is 51.2 Å². The maximum atomic E-state index is 9.21. The van der Waals surface area contributed by atoms with Crippen LogP contribution in [0.25, 0.3) is 0 Å². The van der Waals surface area contributed by atoms with E-state index >= 15 is 0 Å². The molecule has 0 amide bonds. The zero-order chi connectivity index (χ0) is 9.26. The average Bonchev–Trinajstić information content (AvgIpc) is 2.13. The molecule has 0 aromatic rings. The van der Waals surface area contributed by atoms with E-state index in [0.29, 0.717) is 0 Å². The number of β-amino-alcohol motifs (C(OH)–C–C–N with tert-alkyl or cyclic N) is 1. The van der Waals surface area contributed by atoms with E-state index in [2.05, 4.69) is 11.8 Å². The van der Waals surface area contributed by atoms with Crippen molar-refractivity contribution >= 4 is 0 Å². The van der Waals surface area contributed by atoms with Gasteiger partial charge in [0.25, 0.3) is 0 Å². The van der Waals surface area contributed by atoms with Crippen molar-refractivity contribution < 1.29 is 5.11 Å². The second-order valence-corrected chi connectivity index (χ2v) is 4.69. The smallest absolute Gasteiger partial charge is 0.0794 e. The van der Waals surface area contributed by atoms with Crippen LogP contribution in [0, 0.1) is 5.92 Å². The molecule has 1 heterocycles. The van der Waals surface area contributed by atoms with E-state index in [1.807, 2.05) is 0 Å². The largest absolute Gasteiger partial charge is 0.390 e. The summed E-state index contributed by atoms with van der Waals surface area (Å²) in [6, 6.07) is 0.797. The molecule has 2 rings (SSSR count). The van der Waals surface area contributed by atoms with Crippen molar-refractivity contribution in [2.24, 2.45) is 5.92 Å². The molecule has 2 heteroatoms. The molecular formula is C11H21NO. The van der Waals surface area contributed by atoms with Crippen LogP contribution in [-0.4, -0.2) is 35.2 Å². The summed E-state index contributed by atoms with van der Waals surface area (Å²) in [6.07, 6.45) is 6.89. The predicted octanol–water partition coefficient (Wildman–Crippen LogP) is 1.63. The van der Waals surface area contributed by atoms with E-state index in [1.165, 1.54) is 32.1 Å². The van der Waals surface area contributed by atoms with Crippen molar-refractivity contribution in [3.05, 3.63) is 0 Å². The summed E-state index contributed by atoms with van der Waals surface area (Å²) >= 11 is 0. The first-order valence-electron chi connectivity index (χ1n) is 5.71. The van der Waals surface area contributed by atoms with E-state index in [9.17, 15) is 5.11 Å². The lowest BCUT2D eigenvalue weighted by Crippen LogP contribution is -2.56. The molecule has 2 nitrogen and oxygen atoms in total. The zero-order valence-electron chi connectivity index (χ0n) is 8.58.